The second-order valence-corrected chi connectivity index (χ2v) is 8.83. The van der Waals surface area contributed by atoms with Crippen molar-refractivity contribution in [2.24, 2.45) is 5.92 Å². The Kier molecular flexibility index (Phi) is 5.85. The van der Waals surface area contributed by atoms with Gasteiger partial charge in [0.05, 0.1) is 34.3 Å². The molecule has 8 heteroatoms. The van der Waals surface area contributed by atoms with Gasteiger partial charge in [0.15, 0.2) is 5.65 Å². The summed E-state index contributed by atoms with van der Waals surface area (Å²) >= 11 is 1.58. The van der Waals surface area contributed by atoms with Gasteiger partial charge in [0, 0.05) is 12.6 Å². The number of hydrogen-bond acceptors (Lipinski definition) is 6. The molecule has 0 N–H and O–H groups in total. The first-order valence-corrected chi connectivity index (χ1v) is 11.2. The summed E-state index contributed by atoms with van der Waals surface area (Å²) in [5.41, 5.74) is 1.95. The van der Waals surface area contributed by atoms with Crippen LogP contribution in [0, 0.1) is 5.92 Å². The molecule has 0 atom stereocenters. The van der Waals surface area contributed by atoms with E-state index < -0.39 is 0 Å². The standard InChI is InChI=1S/C22H26N4O3S/c1-4-29-20(27)13-25(12-15-7-8-15)22(28)16-10-18(19-6-5-9-30-19)24-21-17(16)11-23-26(21)14(2)3/h5-6,9-11,14-15H,4,7-8,12-13H2,1-3H3. The van der Waals surface area contributed by atoms with Crippen molar-refractivity contribution in [1.82, 2.24) is 19.7 Å². The summed E-state index contributed by atoms with van der Waals surface area (Å²) in [6, 6.07) is 5.89. The third-order valence-electron chi connectivity index (χ3n) is 5.15. The van der Waals surface area contributed by atoms with Gasteiger partial charge >= 0.3 is 5.97 Å². The summed E-state index contributed by atoms with van der Waals surface area (Å²) in [7, 11) is 0. The third-order valence-corrected chi connectivity index (χ3v) is 6.04. The monoisotopic (exact) mass is 426 g/mol. The quantitative estimate of drug-likeness (QED) is 0.506. The van der Waals surface area contributed by atoms with Crippen LogP contribution in [0.15, 0.2) is 29.8 Å². The second-order valence-electron chi connectivity index (χ2n) is 7.89. The largest absolute Gasteiger partial charge is 0.465 e. The molecular formula is C22H26N4O3S. The Labute approximate surface area is 179 Å². The van der Waals surface area contributed by atoms with Gasteiger partial charge in [-0.3, -0.25) is 9.59 Å². The molecule has 1 aliphatic rings. The van der Waals surface area contributed by atoms with E-state index in [-0.39, 0.29) is 24.5 Å². The molecule has 0 aromatic carbocycles. The van der Waals surface area contributed by atoms with Crippen molar-refractivity contribution in [3.8, 4) is 10.6 Å². The van der Waals surface area contributed by atoms with E-state index in [1.807, 2.05) is 42.1 Å². The van der Waals surface area contributed by atoms with Crippen LogP contribution in [0.2, 0.25) is 0 Å². The van der Waals surface area contributed by atoms with E-state index >= 15 is 0 Å². The van der Waals surface area contributed by atoms with E-state index in [9.17, 15) is 9.59 Å². The first-order chi connectivity index (χ1) is 14.5. The fraction of sp³-hybridized carbons (Fsp3) is 0.455. The molecule has 7 nitrogen and oxygen atoms in total. The van der Waals surface area contributed by atoms with E-state index in [2.05, 4.69) is 5.10 Å². The minimum absolute atomic E-state index is 0.0420. The smallest absolute Gasteiger partial charge is 0.325 e. The number of fused-ring (bicyclic) bond motifs is 1. The zero-order chi connectivity index (χ0) is 21.3. The van der Waals surface area contributed by atoms with Gasteiger partial charge in [-0.2, -0.15) is 5.10 Å². The van der Waals surface area contributed by atoms with Crippen LogP contribution in [0.3, 0.4) is 0 Å². The van der Waals surface area contributed by atoms with E-state index in [0.717, 1.165) is 23.4 Å². The topological polar surface area (TPSA) is 77.3 Å². The van der Waals surface area contributed by atoms with Crippen LogP contribution in [0.5, 0.6) is 0 Å². The highest BCUT2D eigenvalue weighted by atomic mass is 32.1. The molecule has 1 aliphatic carbocycles. The molecule has 0 radical (unpaired) electrons. The summed E-state index contributed by atoms with van der Waals surface area (Å²) < 4.78 is 6.94. The summed E-state index contributed by atoms with van der Waals surface area (Å²) in [4.78, 5) is 33.2. The third kappa shape index (κ3) is 4.23. The molecule has 30 heavy (non-hydrogen) atoms. The molecule has 3 heterocycles. The Morgan fingerprint density at radius 2 is 2.17 bits per heavy atom. The maximum atomic E-state index is 13.6. The van der Waals surface area contributed by atoms with Gasteiger partial charge in [0.1, 0.15) is 6.54 Å². The number of carbonyl (C=O) groups excluding carboxylic acids is 2. The number of esters is 1. The van der Waals surface area contributed by atoms with Gasteiger partial charge < -0.3 is 9.64 Å². The van der Waals surface area contributed by atoms with E-state index in [4.69, 9.17) is 9.72 Å². The van der Waals surface area contributed by atoms with Crippen molar-refractivity contribution in [3.63, 3.8) is 0 Å². The number of nitrogens with zero attached hydrogens (tertiary/aromatic N) is 4. The van der Waals surface area contributed by atoms with Crippen LogP contribution in [0.25, 0.3) is 21.6 Å². The van der Waals surface area contributed by atoms with Gasteiger partial charge in [-0.15, -0.1) is 11.3 Å². The highest BCUT2D eigenvalue weighted by molar-refractivity contribution is 7.13. The first kappa shape index (κ1) is 20.5. The van der Waals surface area contributed by atoms with Crippen molar-refractivity contribution in [2.75, 3.05) is 19.7 Å². The SMILES string of the molecule is CCOC(=O)CN(CC1CC1)C(=O)c1cc(-c2cccs2)nc2c1cnn2C(C)C. The molecule has 1 amide bonds. The molecule has 0 unspecified atom stereocenters. The minimum Gasteiger partial charge on any atom is -0.465 e. The second kappa shape index (κ2) is 8.55. The highest BCUT2D eigenvalue weighted by Gasteiger charge is 2.30. The fourth-order valence-electron chi connectivity index (χ4n) is 3.49. The van der Waals surface area contributed by atoms with Crippen LogP contribution >= 0.6 is 11.3 Å². The number of carbonyl (C=O) groups is 2. The average Bonchev–Trinajstić information content (AvgIpc) is 3.19. The zero-order valence-electron chi connectivity index (χ0n) is 17.5. The Morgan fingerprint density at radius 3 is 2.80 bits per heavy atom. The van der Waals surface area contributed by atoms with Gasteiger partial charge in [-0.25, -0.2) is 9.67 Å². The molecule has 0 spiro atoms. The van der Waals surface area contributed by atoms with E-state index in [1.165, 1.54) is 0 Å². The molecule has 1 saturated carbocycles. The normalized spacial score (nSPS) is 13.7. The minimum atomic E-state index is -0.381. The predicted molar refractivity (Wildman–Crippen MR) is 116 cm³/mol. The lowest BCUT2D eigenvalue weighted by Crippen LogP contribution is -2.38. The predicted octanol–water partition coefficient (Wildman–Crippen LogP) is 4.16. The molecule has 3 aromatic rings. The maximum Gasteiger partial charge on any atom is 0.325 e. The lowest BCUT2D eigenvalue weighted by molar-refractivity contribution is -0.143. The van der Waals surface area contributed by atoms with Crippen LogP contribution in [0.1, 0.15) is 50.0 Å². The Balaban J connectivity index is 1.78. The maximum absolute atomic E-state index is 13.6. The van der Waals surface area contributed by atoms with Gasteiger partial charge in [-0.1, -0.05) is 6.07 Å². The van der Waals surface area contributed by atoms with Gasteiger partial charge in [0.25, 0.3) is 5.91 Å². The fourth-order valence-corrected chi connectivity index (χ4v) is 4.17. The number of aromatic nitrogens is 3. The molecule has 3 aromatic heterocycles. The number of hydrogen-bond donors (Lipinski definition) is 0. The Morgan fingerprint density at radius 1 is 1.37 bits per heavy atom. The molecule has 4 rings (SSSR count). The van der Waals surface area contributed by atoms with Crippen molar-refractivity contribution in [1.29, 1.82) is 0 Å². The van der Waals surface area contributed by atoms with E-state index in [0.29, 0.717) is 35.7 Å². The van der Waals surface area contributed by atoms with Crippen molar-refractivity contribution < 1.29 is 14.3 Å². The first-order valence-electron chi connectivity index (χ1n) is 10.3. The summed E-state index contributed by atoms with van der Waals surface area (Å²) in [5.74, 6) is -0.104. The molecule has 1 fully saturated rings. The average molecular weight is 427 g/mol. The molecule has 0 saturated heterocycles. The number of amides is 1. The van der Waals surface area contributed by atoms with Crippen molar-refractivity contribution in [3.05, 3.63) is 35.3 Å². The van der Waals surface area contributed by atoms with Crippen molar-refractivity contribution in [2.45, 2.75) is 39.7 Å². The lowest BCUT2D eigenvalue weighted by Gasteiger charge is -2.22. The summed E-state index contributed by atoms with van der Waals surface area (Å²) in [6.45, 7) is 6.66. The highest BCUT2D eigenvalue weighted by Crippen LogP contribution is 2.32. The van der Waals surface area contributed by atoms with Crippen molar-refractivity contribution >= 4 is 34.2 Å². The Bertz CT molecular complexity index is 1050. The zero-order valence-corrected chi connectivity index (χ0v) is 18.3. The van der Waals surface area contributed by atoms with Crippen LogP contribution in [0.4, 0.5) is 0 Å². The number of pyridine rings is 1. The molecule has 158 valence electrons. The summed E-state index contributed by atoms with van der Waals surface area (Å²) in [6.07, 6.45) is 3.88. The summed E-state index contributed by atoms with van der Waals surface area (Å²) in [5, 5.41) is 7.17. The molecule has 0 bridgehead atoms. The van der Waals surface area contributed by atoms with E-state index in [1.54, 1.807) is 29.4 Å². The van der Waals surface area contributed by atoms with Gasteiger partial charge in [-0.05, 0) is 57.0 Å². The van der Waals surface area contributed by atoms with Crippen LogP contribution < -0.4 is 0 Å². The lowest BCUT2D eigenvalue weighted by atomic mass is 10.1. The van der Waals surface area contributed by atoms with Gasteiger partial charge in [0.2, 0.25) is 0 Å². The number of rotatable bonds is 8. The molecular weight excluding hydrogens is 400 g/mol. The van der Waals surface area contributed by atoms with Crippen LogP contribution in [-0.4, -0.2) is 51.2 Å². The number of thiophene rings is 1. The number of ether oxygens (including phenoxy) is 1. The van der Waals surface area contributed by atoms with Crippen LogP contribution in [-0.2, 0) is 9.53 Å². The Hall–Kier alpha value is -2.74. The molecule has 0 aliphatic heterocycles.